The fourth-order valence-electron chi connectivity index (χ4n) is 20.2. The van der Waals surface area contributed by atoms with Gasteiger partial charge in [0.25, 0.3) is 11.8 Å². The second-order valence-electron chi connectivity index (χ2n) is 36.2. The van der Waals surface area contributed by atoms with Gasteiger partial charge in [-0.2, -0.15) is 0 Å². The molecule has 31 nitrogen and oxygen atoms in total. The number of aromatic nitrogens is 4. The summed E-state index contributed by atoms with van der Waals surface area (Å²) in [6, 6.07) is 42.0. The van der Waals surface area contributed by atoms with Gasteiger partial charge in [-0.3, -0.25) is 29.2 Å². The first-order valence-corrected chi connectivity index (χ1v) is 47.6. The molecule has 10 heterocycles. The number of hydrogen-bond donors (Lipinski definition) is 6. The third-order valence-electron chi connectivity index (χ3n) is 26.8. The molecule has 8 amide bonds. The molecule has 4 saturated heterocycles. The van der Waals surface area contributed by atoms with Crippen LogP contribution in [0.5, 0.6) is 5.75 Å². The first-order valence-electron chi connectivity index (χ1n) is 45.6. The molecule has 0 radical (unpaired) electrons. The number of likely N-dealkylation sites (tertiary alicyclic amines) is 4. The Labute approximate surface area is 778 Å². The number of fused-ring (bicyclic) bond motifs is 12. The summed E-state index contributed by atoms with van der Waals surface area (Å²) in [6.45, 7) is 18.2. The molecule has 0 bridgehead atoms. The second kappa shape index (κ2) is 40.6. The van der Waals surface area contributed by atoms with Gasteiger partial charge in [-0.15, -0.1) is 8.58 Å². The van der Waals surface area contributed by atoms with Crippen LogP contribution < -0.4 is 31.6 Å². The molecule has 134 heavy (non-hydrogen) atoms. The molecule has 7 aliphatic rings. The smallest absolute Gasteiger partial charge is 0.407 e. The SMILES string of the molecule is COC[C@H]1C[C@@H](c2ncc(-c3ccc4c(c3)COc3cc5c6c(ccc5cc3-4)N=C([C@@H]3CC[C@H](C)N3C(=O)[C@@H](NC(=O)OC)C(C)C)C6)[nH]2)N(C(=O)[C@H](NC(=O)OC)c2ccccc2)C1.COC[C@H]1C[C@@H](c2ncc(-c3ccc4c(c3)c(=O)oc3cc5c6c(ccc5cc34)N=C([C@@H]3CC[C@H](C)N3C(=O)[C@@H](NC(=O)OC)C(C)C)C6)[nH]2)N(C(=O)[C@H](NC(=O)OC)c2ccccc2)C1.CPC. The van der Waals surface area contributed by atoms with Crippen molar-refractivity contribution in [3.8, 4) is 39.4 Å². The number of aromatic amines is 2. The average Bonchev–Trinajstić information content (AvgIpc) is 1.40. The van der Waals surface area contributed by atoms with E-state index >= 15 is 0 Å². The molecular weight excluding hydrogens is 1720 g/mol. The standard InChI is InChI=1S/C50H53N7O9.C50H55N7O8.C2H7P/c1-26(2)43(54-49(61)64-5)47(59)57-27(3)12-17-40(57)38-21-34-33-22-42-35(19-30(33)14-16-37(34)52-38)32-15-13-31(20-36(32)48(60)66-42)39-23-51-45(53-39)41-18-28(25-63-4)24-56(41)46(58)44(55-50(62)65-6)29-10-8-7-9-11-29;1-27(2)44(54-49(60)63-5)48(59)57-28(3)12-17-41(57)39-21-36-35-22-43-37(20-31(35)14-16-38(36)52-39)34-15-13-32(19-33(34)26-65-43)40-23-51-46(53-40)42-18-29(25-62-4)24-56(42)47(58)45(55-50(61)64-6)30-10-8-7-9-11-30;1-3-2/h7-11,13-16,19-20,22-23,26-28,40-41,43-44H,12,17-18,21,24-25H2,1-6H3,(H,51,53)(H,54,61)(H,55,62);7-11,13-16,19-20,22-23,27-29,41-42,44-45H,12,17-18,21,24-26H2,1-6H3,(H,51,53)(H,54,60)(H,55,61);3H,1-2H3/t27-,28-,40-,41-,43-,44+;28-,29-,41-,42-,44-,45+;/m00./s1. The quantitative estimate of drug-likeness (QED) is 0.0121. The maximum atomic E-state index is 14.3. The molecule has 11 aromatic rings. The Morgan fingerprint density at radius 2 is 0.940 bits per heavy atom. The zero-order valence-electron chi connectivity index (χ0n) is 77.8. The summed E-state index contributed by atoms with van der Waals surface area (Å²) in [5.74, 6) is 1.01. The summed E-state index contributed by atoms with van der Waals surface area (Å²) in [4.78, 5) is 154. The summed E-state index contributed by atoms with van der Waals surface area (Å²) in [6.07, 6.45) is 6.40. The molecular formula is C102H115N14O17P. The molecule has 32 heteroatoms. The van der Waals surface area contributed by atoms with Gasteiger partial charge < -0.3 is 88.4 Å². The Hall–Kier alpha value is -13.4. The van der Waals surface area contributed by atoms with Crippen LogP contribution in [0.1, 0.15) is 144 Å². The molecule has 0 saturated carbocycles. The minimum atomic E-state index is -0.985. The Morgan fingerprint density at radius 1 is 0.485 bits per heavy atom. The van der Waals surface area contributed by atoms with E-state index in [4.69, 9.17) is 57.5 Å². The minimum absolute atomic E-state index is 0.00584. The number of imidazole rings is 2. The van der Waals surface area contributed by atoms with Crippen molar-refractivity contribution in [2.75, 3.05) is 82.3 Å². The van der Waals surface area contributed by atoms with Crippen LogP contribution in [-0.2, 0) is 67.0 Å². The predicted octanol–water partition coefficient (Wildman–Crippen LogP) is 16.2. The van der Waals surface area contributed by atoms with Gasteiger partial charge in [0.15, 0.2) is 0 Å². The maximum Gasteiger partial charge on any atom is 0.407 e. The van der Waals surface area contributed by atoms with Gasteiger partial charge in [0, 0.05) is 92.0 Å². The molecule has 18 rings (SSSR count). The number of alkyl carbamates (subject to hydrolysis) is 4. The van der Waals surface area contributed by atoms with Crippen molar-refractivity contribution in [2.24, 2.45) is 33.7 Å². The lowest BCUT2D eigenvalue weighted by atomic mass is 9.90. The number of methoxy groups -OCH3 is 6. The number of nitrogens with zero attached hydrogens (tertiary/aromatic N) is 8. The van der Waals surface area contributed by atoms with Crippen molar-refractivity contribution in [2.45, 2.75) is 160 Å². The van der Waals surface area contributed by atoms with Crippen LogP contribution in [0.25, 0.3) is 76.9 Å². The first-order chi connectivity index (χ1) is 64.7. The normalized spacial score (nSPS) is 20.1. The lowest BCUT2D eigenvalue weighted by Crippen LogP contribution is -2.55. The van der Waals surface area contributed by atoms with Crippen molar-refractivity contribution in [3.63, 3.8) is 0 Å². The molecule has 8 aromatic carbocycles. The van der Waals surface area contributed by atoms with Crippen molar-refractivity contribution >= 4 is 123 Å². The van der Waals surface area contributed by atoms with Crippen molar-refractivity contribution in [1.82, 2.24) is 60.8 Å². The topological polar surface area (TPSA) is 375 Å². The van der Waals surface area contributed by atoms with E-state index in [1.54, 1.807) is 54.6 Å². The van der Waals surface area contributed by atoms with Crippen LogP contribution in [0, 0.1) is 23.7 Å². The van der Waals surface area contributed by atoms with Gasteiger partial charge >= 0.3 is 30.0 Å². The van der Waals surface area contributed by atoms with Crippen LogP contribution >= 0.6 is 8.58 Å². The Morgan fingerprint density at radius 3 is 1.41 bits per heavy atom. The molecule has 0 spiro atoms. The van der Waals surface area contributed by atoms with Gasteiger partial charge in [0.05, 0.1) is 106 Å². The number of amides is 8. The summed E-state index contributed by atoms with van der Waals surface area (Å²) in [7, 11) is 9.49. The summed E-state index contributed by atoms with van der Waals surface area (Å²) >= 11 is 0. The van der Waals surface area contributed by atoms with Crippen LogP contribution in [0.4, 0.5) is 30.6 Å². The molecule has 3 aromatic heterocycles. The number of hydrogen-bond acceptors (Lipinski definition) is 21. The first kappa shape index (κ1) is 93.8. The number of benzene rings is 8. The van der Waals surface area contributed by atoms with E-state index in [-0.39, 0.29) is 77.5 Å². The highest BCUT2D eigenvalue weighted by atomic mass is 31.1. The van der Waals surface area contributed by atoms with Gasteiger partial charge in [-0.25, -0.2) is 33.9 Å². The lowest BCUT2D eigenvalue weighted by molar-refractivity contribution is -0.136. The fourth-order valence-corrected chi connectivity index (χ4v) is 20.2. The summed E-state index contributed by atoms with van der Waals surface area (Å²) in [5, 5.41) is 16.9. The molecule has 6 N–H and O–H groups in total. The van der Waals surface area contributed by atoms with E-state index < -0.39 is 60.2 Å². The number of carbonyl (C=O) groups excluding carboxylic acids is 8. The minimum Gasteiger partial charge on any atom is -0.488 e. The largest absolute Gasteiger partial charge is 0.488 e. The van der Waals surface area contributed by atoms with E-state index in [0.29, 0.717) is 104 Å². The maximum absolute atomic E-state index is 14.3. The third kappa shape index (κ3) is 19.0. The van der Waals surface area contributed by atoms with Gasteiger partial charge in [-0.1, -0.05) is 125 Å². The van der Waals surface area contributed by atoms with Crippen molar-refractivity contribution in [3.05, 3.63) is 208 Å². The highest BCUT2D eigenvalue weighted by Crippen LogP contribution is 2.48. The number of ether oxygens (including phenoxy) is 7. The Balaban J connectivity index is 0.000000189. The average molecular weight is 1840 g/mol. The van der Waals surface area contributed by atoms with Gasteiger partial charge in [0.1, 0.15) is 53.8 Å². The van der Waals surface area contributed by atoms with Crippen LogP contribution in [0.3, 0.4) is 0 Å². The fraction of sp³-hybridized carbons (Fsp3) is 0.402. The Bertz CT molecular complexity index is 6430. The zero-order valence-corrected chi connectivity index (χ0v) is 78.8. The lowest BCUT2D eigenvalue weighted by Gasteiger charge is -2.33. The number of H-pyrrole nitrogens is 2. The van der Waals surface area contributed by atoms with Crippen LogP contribution in [0.15, 0.2) is 177 Å². The third-order valence-corrected chi connectivity index (χ3v) is 26.8. The van der Waals surface area contributed by atoms with Crippen molar-refractivity contribution < 1.29 is 75.9 Å². The number of rotatable bonds is 22. The van der Waals surface area contributed by atoms with Crippen LogP contribution in [0.2, 0.25) is 0 Å². The predicted molar refractivity (Wildman–Crippen MR) is 513 cm³/mol. The van der Waals surface area contributed by atoms with E-state index in [1.165, 1.54) is 28.4 Å². The van der Waals surface area contributed by atoms with E-state index in [1.807, 2.05) is 129 Å². The van der Waals surface area contributed by atoms with Gasteiger partial charge in [-0.05, 0) is 192 Å². The highest BCUT2D eigenvalue weighted by molar-refractivity contribution is 7.35. The second-order valence-corrected chi connectivity index (χ2v) is 37.2. The Kier molecular flexibility index (Phi) is 28.4. The van der Waals surface area contributed by atoms with Gasteiger partial charge in [0.2, 0.25) is 11.8 Å². The monoisotopic (exact) mass is 1840 g/mol. The zero-order chi connectivity index (χ0) is 94.6. The molecule has 7 aliphatic heterocycles. The van der Waals surface area contributed by atoms with Crippen LogP contribution in [-0.4, -0.2) is 218 Å². The number of nitrogens with one attached hydrogen (secondary N) is 6. The number of aliphatic imine (C=N–C) groups is 2. The molecule has 0 aliphatic carbocycles. The highest BCUT2D eigenvalue weighted by Gasteiger charge is 2.48. The molecule has 700 valence electrons. The van der Waals surface area contributed by atoms with E-state index in [9.17, 15) is 43.2 Å². The van der Waals surface area contributed by atoms with E-state index in [0.717, 1.165) is 134 Å². The number of carbonyl (C=O) groups is 8. The summed E-state index contributed by atoms with van der Waals surface area (Å²) in [5.41, 5.74) is 13.2. The molecule has 4 fully saturated rings. The molecule has 12 atom stereocenters. The molecule has 0 unspecified atom stereocenters. The van der Waals surface area contributed by atoms with Crippen molar-refractivity contribution in [1.29, 1.82) is 0 Å². The summed E-state index contributed by atoms with van der Waals surface area (Å²) < 4.78 is 43.0. The van der Waals surface area contributed by atoms with E-state index in [2.05, 4.69) is 94.0 Å².